The zero-order chi connectivity index (χ0) is 14.5. The quantitative estimate of drug-likeness (QED) is 0.849. The second kappa shape index (κ2) is 6.33. The van der Waals surface area contributed by atoms with E-state index in [0.29, 0.717) is 23.8 Å². The standard InChI is InChI=1S/C13H15N3O3S/c1-3-14-12(18)16-13-15-9-6-5-8(7-10(9)20-13)11(17)19-4-2/h5-7H,3-4H2,1-2H3,(H2,14,15,16,18). The zero-order valence-electron chi connectivity index (χ0n) is 11.2. The van der Waals surface area contributed by atoms with Crippen molar-refractivity contribution in [2.45, 2.75) is 13.8 Å². The third-order valence-corrected chi connectivity index (χ3v) is 3.39. The lowest BCUT2D eigenvalue weighted by atomic mass is 10.2. The summed E-state index contributed by atoms with van der Waals surface area (Å²) in [4.78, 5) is 27.3. The van der Waals surface area contributed by atoms with Crippen molar-refractivity contribution < 1.29 is 14.3 Å². The number of nitrogens with zero attached hydrogens (tertiary/aromatic N) is 1. The van der Waals surface area contributed by atoms with Crippen LogP contribution in [0.1, 0.15) is 24.2 Å². The van der Waals surface area contributed by atoms with Crippen molar-refractivity contribution in [2.75, 3.05) is 18.5 Å². The molecule has 1 aromatic carbocycles. The Morgan fingerprint density at radius 3 is 2.85 bits per heavy atom. The number of nitrogens with one attached hydrogen (secondary N) is 2. The minimum Gasteiger partial charge on any atom is -0.462 e. The lowest BCUT2D eigenvalue weighted by molar-refractivity contribution is 0.0526. The van der Waals surface area contributed by atoms with Crippen molar-refractivity contribution in [1.82, 2.24) is 10.3 Å². The normalized spacial score (nSPS) is 10.3. The highest BCUT2D eigenvalue weighted by atomic mass is 32.1. The van der Waals surface area contributed by atoms with E-state index in [1.165, 1.54) is 11.3 Å². The number of ether oxygens (including phenoxy) is 1. The van der Waals surface area contributed by atoms with Crippen molar-refractivity contribution in [3.63, 3.8) is 0 Å². The molecule has 7 heteroatoms. The average Bonchev–Trinajstić information content (AvgIpc) is 2.80. The number of carbonyl (C=O) groups is 2. The van der Waals surface area contributed by atoms with Crippen molar-refractivity contribution in [2.24, 2.45) is 0 Å². The topological polar surface area (TPSA) is 80.3 Å². The summed E-state index contributed by atoms with van der Waals surface area (Å²) in [7, 11) is 0. The molecule has 0 unspecified atom stereocenters. The Morgan fingerprint density at radius 1 is 1.35 bits per heavy atom. The Morgan fingerprint density at radius 2 is 2.15 bits per heavy atom. The number of urea groups is 1. The number of esters is 1. The van der Waals surface area contributed by atoms with Gasteiger partial charge in [-0.3, -0.25) is 5.32 Å². The van der Waals surface area contributed by atoms with E-state index in [1.54, 1.807) is 25.1 Å². The Bertz CT molecular complexity index is 639. The van der Waals surface area contributed by atoms with Crippen molar-refractivity contribution in [3.8, 4) is 0 Å². The summed E-state index contributed by atoms with van der Waals surface area (Å²) in [5, 5.41) is 5.77. The number of anilines is 1. The molecule has 0 aliphatic rings. The van der Waals surface area contributed by atoms with Crippen LogP contribution in [0.15, 0.2) is 18.2 Å². The largest absolute Gasteiger partial charge is 0.462 e. The fraction of sp³-hybridized carbons (Fsp3) is 0.308. The van der Waals surface area contributed by atoms with Crippen molar-refractivity contribution >= 4 is 38.7 Å². The van der Waals surface area contributed by atoms with Crippen LogP contribution < -0.4 is 10.6 Å². The molecule has 0 atom stereocenters. The van der Waals surface area contributed by atoms with Crippen LogP contribution in [0.4, 0.5) is 9.93 Å². The van der Waals surface area contributed by atoms with Gasteiger partial charge in [0.15, 0.2) is 5.13 Å². The van der Waals surface area contributed by atoms with Crippen LogP contribution >= 0.6 is 11.3 Å². The van der Waals surface area contributed by atoms with Gasteiger partial charge in [0.05, 0.1) is 22.4 Å². The zero-order valence-corrected chi connectivity index (χ0v) is 12.0. The van der Waals surface area contributed by atoms with Gasteiger partial charge in [-0.2, -0.15) is 0 Å². The molecule has 2 aromatic rings. The predicted molar refractivity (Wildman–Crippen MR) is 78.3 cm³/mol. The second-order valence-electron chi connectivity index (χ2n) is 3.91. The molecule has 1 aromatic heterocycles. The van der Waals surface area contributed by atoms with Crippen LogP contribution in [-0.2, 0) is 4.74 Å². The highest BCUT2D eigenvalue weighted by Crippen LogP contribution is 2.27. The number of fused-ring (bicyclic) bond motifs is 1. The summed E-state index contributed by atoms with van der Waals surface area (Å²) in [6.07, 6.45) is 0. The van der Waals surface area contributed by atoms with Gasteiger partial charge in [-0.25, -0.2) is 14.6 Å². The van der Waals surface area contributed by atoms with Crippen LogP contribution in [0, 0.1) is 0 Å². The predicted octanol–water partition coefficient (Wildman–Crippen LogP) is 2.61. The number of hydrogen-bond acceptors (Lipinski definition) is 5. The van der Waals surface area contributed by atoms with E-state index >= 15 is 0 Å². The monoisotopic (exact) mass is 293 g/mol. The molecule has 2 rings (SSSR count). The maximum absolute atomic E-state index is 11.6. The van der Waals surface area contributed by atoms with E-state index in [2.05, 4.69) is 15.6 Å². The molecule has 0 bridgehead atoms. The maximum Gasteiger partial charge on any atom is 0.338 e. The van der Waals surface area contributed by atoms with Crippen LogP contribution in [0.2, 0.25) is 0 Å². The minimum atomic E-state index is -0.360. The summed E-state index contributed by atoms with van der Waals surface area (Å²) >= 11 is 1.31. The number of thiazole rings is 1. The number of carbonyl (C=O) groups excluding carboxylic acids is 2. The van der Waals surface area contributed by atoms with Crippen LogP contribution in [0.5, 0.6) is 0 Å². The SMILES string of the molecule is CCNC(=O)Nc1nc2ccc(C(=O)OCC)cc2s1. The van der Waals surface area contributed by atoms with E-state index in [4.69, 9.17) is 4.74 Å². The molecule has 0 spiro atoms. The average molecular weight is 293 g/mol. The van der Waals surface area contributed by atoms with Gasteiger partial charge in [-0.15, -0.1) is 0 Å². The van der Waals surface area contributed by atoms with Gasteiger partial charge in [0.25, 0.3) is 0 Å². The lowest BCUT2D eigenvalue weighted by Gasteiger charge is -2.00. The van der Waals surface area contributed by atoms with Crippen molar-refractivity contribution in [1.29, 1.82) is 0 Å². The summed E-state index contributed by atoms with van der Waals surface area (Å²) < 4.78 is 5.77. The Balaban J connectivity index is 2.21. The molecular weight excluding hydrogens is 278 g/mol. The van der Waals surface area contributed by atoms with E-state index in [0.717, 1.165) is 10.2 Å². The van der Waals surface area contributed by atoms with Gasteiger partial charge >= 0.3 is 12.0 Å². The first kappa shape index (κ1) is 14.3. The van der Waals surface area contributed by atoms with E-state index in [-0.39, 0.29) is 12.0 Å². The van der Waals surface area contributed by atoms with E-state index < -0.39 is 0 Å². The fourth-order valence-electron chi connectivity index (χ4n) is 1.62. The lowest BCUT2D eigenvalue weighted by Crippen LogP contribution is -2.28. The number of amides is 2. The molecule has 20 heavy (non-hydrogen) atoms. The van der Waals surface area contributed by atoms with Gasteiger partial charge in [-0.05, 0) is 32.0 Å². The smallest absolute Gasteiger partial charge is 0.338 e. The summed E-state index contributed by atoms with van der Waals surface area (Å²) in [5.41, 5.74) is 1.21. The van der Waals surface area contributed by atoms with E-state index in [9.17, 15) is 9.59 Å². The molecule has 6 nitrogen and oxygen atoms in total. The molecule has 2 N–H and O–H groups in total. The molecule has 0 saturated carbocycles. The second-order valence-corrected chi connectivity index (χ2v) is 4.94. The van der Waals surface area contributed by atoms with Crippen LogP contribution in [0.25, 0.3) is 10.2 Å². The highest BCUT2D eigenvalue weighted by molar-refractivity contribution is 7.22. The third-order valence-electron chi connectivity index (χ3n) is 2.46. The molecule has 0 fully saturated rings. The number of hydrogen-bond donors (Lipinski definition) is 2. The fourth-order valence-corrected chi connectivity index (χ4v) is 2.52. The first-order valence-electron chi connectivity index (χ1n) is 6.26. The van der Waals surface area contributed by atoms with Crippen LogP contribution in [-0.4, -0.2) is 30.1 Å². The molecule has 0 aliphatic carbocycles. The summed E-state index contributed by atoms with van der Waals surface area (Å²) in [6, 6.07) is 4.82. The van der Waals surface area contributed by atoms with Gasteiger partial charge in [-0.1, -0.05) is 11.3 Å². The van der Waals surface area contributed by atoms with Gasteiger partial charge in [0.1, 0.15) is 0 Å². The van der Waals surface area contributed by atoms with Gasteiger partial charge < -0.3 is 10.1 Å². The molecule has 2 amide bonds. The van der Waals surface area contributed by atoms with Crippen molar-refractivity contribution in [3.05, 3.63) is 23.8 Å². The molecule has 0 aliphatic heterocycles. The number of benzene rings is 1. The highest BCUT2D eigenvalue weighted by Gasteiger charge is 2.11. The maximum atomic E-state index is 11.6. The number of rotatable bonds is 4. The number of aromatic nitrogens is 1. The Labute approximate surface area is 120 Å². The minimum absolute atomic E-state index is 0.294. The summed E-state index contributed by atoms with van der Waals surface area (Å²) in [6.45, 7) is 4.48. The van der Waals surface area contributed by atoms with Gasteiger partial charge in [0, 0.05) is 6.54 Å². The Hall–Kier alpha value is -2.15. The Kier molecular flexibility index (Phi) is 4.52. The third kappa shape index (κ3) is 3.24. The first-order valence-corrected chi connectivity index (χ1v) is 7.08. The molecule has 1 heterocycles. The van der Waals surface area contributed by atoms with Gasteiger partial charge in [0.2, 0.25) is 0 Å². The summed E-state index contributed by atoms with van der Waals surface area (Å²) in [5.74, 6) is -0.360. The first-order chi connectivity index (χ1) is 9.63. The molecule has 106 valence electrons. The molecule has 0 radical (unpaired) electrons. The van der Waals surface area contributed by atoms with Crippen LogP contribution in [0.3, 0.4) is 0 Å². The molecular formula is C13H15N3O3S. The molecule has 0 saturated heterocycles. The van der Waals surface area contributed by atoms with E-state index in [1.807, 2.05) is 6.92 Å².